The van der Waals surface area contributed by atoms with E-state index in [1.54, 1.807) is 7.11 Å². The number of rotatable bonds is 4. The van der Waals surface area contributed by atoms with Crippen molar-refractivity contribution in [3.63, 3.8) is 0 Å². The topological polar surface area (TPSA) is 26.6 Å². The number of para-hydroxylation sites is 2. The minimum absolute atomic E-state index is 0.128. The SMILES string of the molecule is COc1ccccc1N1CCO[C@H]1c1ccn(-c2cccc(Cl)c2)c1. The Hall–Kier alpha value is -2.43. The predicted molar refractivity (Wildman–Crippen MR) is 99.8 cm³/mol. The lowest BCUT2D eigenvalue weighted by molar-refractivity contribution is 0.113. The van der Waals surface area contributed by atoms with Crippen molar-refractivity contribution in [1.82, 2.24) is 4.57 Å². The van der Waals surface area contributed by atoms with Crippen LogP contribution in [0.1, 0.15) is 11.8 Å². The molecule has 0 unspecified atom stereocenters. The molecule has 0 spiro atoms. The van der Waals surface area contributed by atoms with Gasteiger partial charge < -0.3 is 18.9 Å². The van der Waals surface area contributed by atoms with Crippen LogP contribution >= 0.6 is 11.6 Å². The van der Waals surface area contributed by atoms with E-state index in [-0.39, 0.29) is 6.23 Å². The molecule has 2 aromatic carbocycles. The number of halogens is 1. The Bertz CT molecular complexity index is 877. The lowest BCUT2D eigenvalue weighted by Crippen LogP contribution is -2.23. The van der Waals surface area contributed by atoms with Crippen molar-refractivity contribution < 1.29 is 9.47 Å². The molecule has 0 amide bonds. The fraction of sp³-hybridized carbons (Fsp3) is 0.200. The van der Waals surface area contributed by atoms with Gasteiger partial charge in [0.05, 0.1) is 19.4 Å². The summed E-state index contributed by atoms with van der Waals surface area (Å²) in [4.78, 5) is 2.23. The number of aromatic nitrogens is 1. The smallest absolute Gasteiger partial charge is 0.158 e. The molecule has 25 heavy (non-hydrogen) atoms. The molecule has 4 nitrogen and oxygen atoms in total. The van der Waals surface area contributed by atoms with E-state index >= 15 is 0 Å². The molecule has 1 aromatic heterocycles. The highest BCUT2D eigenvalue weighted by molar-refractivity contribution is 6.30. The predicted octanol–water partition coefficient (Wildman–Crippen LogP) is 4.67. The summed E-state index contributed by atoms with van der Waals surface area (Å²) < 4.78 is 13.6. The Labute approximate surface area is 152 Å². The van der Waals surface area contributed by atoms with Crippen molar-refractivity contribution in [2.75, 3.05) is 25.2 Å². The summed E-state index contributed by atoms with van der Waals surface area (Å²) in [7, 11) is 1.69. The quantitative estimate of drug-likeness (QED) is 0.681. The third-order valence-electron chi connectivity index (χ3n) is 4.39. The Morgan fingerprint density at radius 3 is 2.84 bits per heavy atom. The fourth-order valence-corrected chi connectivity index (χ4v) is 3.40. The molecule has 1 fully saturated rings. The maximum absolute atomic E-state index is 6.11. The first-order valence-electron chi connectivity index (χ1n) is 8.21. The van der Waals surface area contributed by atoms with Crippen molar-refractivity contribution in [1.29, 1.82) is 0 Å². The number of methoxy groups -OCH3 is 1. The van der Waals surface area contributed by atoms with E-state index in [0.717, 1.165) is 34.3 Å². The number of hydrogen-bond donors (Lipinski definition) is 0. The molecule has 0 N–H and O–H groups in total. The van der Waals surface area contributed by atoms with Gasteiger partial charge in [0.25, 0.3) is 0 Å². The van der Waals surface area contributed by atoms with Crippen LogP contribution in [0.25, 0.3) is 5.69 Å². The molecular weight excluding hydrogens is 336 g/mol. The second-order valence-electron chi connectivity index (χ2n) is 5.92. The van der Waals surface area contributed by atoms with Gasteiger partial charge in [0, 0.05) is 35.2 Å². The minimum Gasteiger partial charge on any atom is -0.495 e. The summed E-state index contributed by atoms with van der Waals surface area (Å²) >= 11 is 6.11. The van der Waals surface area contributed by atoms with E-state index in [4.69, 9.17) is 21.1 Å². The molecule has 1 atom stereocenters. The fourth-order valence-electron chi connectivity index (χ4n) is 3.22. The first kappa shape index (κ1) is 16.1. The standard InChI is InChI=1S/C20H19ClN2O2/c1-24-19-8-3-2-7-18(19)23-11-12-25-20(23)15-9-10-22(14-15)17-6-4-5-16(21)13-17/h2-10,13-14,20H,11-12H2,1H3/t20-/m0/s1. The second-order valence-corrected chi connectivity index (χ2v) is 6.36. The van der Waals surface area contributed by atoms with Crippen molar-refractivity contribution in [3.05, 3.63) is 77.6 Å². The van der Waals surface area contributed by atoms with Crippen molar-refractivity contribution in [2.45, 2.75) is 6.23 Å². The van der Waals surface area contributed by atoms with E-state index in [2.05, 4.69) is 27.8 Å². The highest BCUT2D eigenvalue weighted by atomic mass is 35.5. The largest absolute Gasteiger partial charge is 0.495 e. The summed E-state index contributed by atoms with van der Waals surface area (Å²) in [6, 6.07) is 17.9. The van der Waals surface area contributed by atoms with Gasteiger partial charge in [-0.1, -0.05) is 29.8 Å². The van der Waals surface area contributed by atoms with E-state index in [9.17, 15) is 0 Å². The zero-order valence-corrected chi connectivity index (χ0v) is 14.7. The Kier molecular flexibility index (Phi) is 4.38. The summed E-state index contributed by atoms with van der Waals surface area (Å²) in [5.41, 5.74) is 3.17. The van der Waals surface area contributed by atoms with Gasteiger partial charge in [0.2, 0.25) is 0 Å². The molecule has 0 bridgehead atoms. The molecule has 2 heterocycles. The third-order valence-corrected chi connectivity index (χ3v) is 4.63. The summed E-state index contributed by atoms with van der Waals surface area (Å²) in [6.45, 7) is 1.51. The molecule has 1 saturated heterocycles. The van der Waals surface area contributed by atoms with E-state index in [1.807, 2.05) is 48.7 Å². The van der Waals surface area contributed by atoms with Gasteiger partial charge in [-0.15, -0.1) is 0 Å². The molecule has 4 rings (SSSR count). The molecule has 0 saturated carbocycles. The van der Waals surface area contributed by atoms with Crippen LogP contribution in [0.5, 0.6) is 5.75 Å². The van der Waals surface area contributed by atoms with Crippen LogP contribution in [0.2, 0.25) is 5.02 Å². The van der Waals surface area contributed by atoms with Crippen LogP contribution in [0.3, 0.4) is 0 Å². The Morgan fingerprint density at radius 2 is 2.00 bits per heavy atom. The van der Waals surface area contributed by atoms with Crippen LogP contribution in [-0.4, -0.2) is 24.8 Å². The summed E-state index contributed by atoms with van der Waals surface area (Å²) in [5, 5.41) is 0.723. The first-order chi connectivity index (χ1) is 12.3. The molecule has 3 aromatic rings. The van der Waals surface area contributed by atoms with Gasteiger partial charge in [-0.05, 0) is 36.4 Å². The van der Waals surface area contributed by atoms with Crippen molar-refractivity contribution in [3.8, 4) is 11.4 Å². The average Bonchev–Trinajstić information content (AvgIpc) is 3.30. The zero-order chi connectivity index (χ0) is 17.2. The highest BCUT2D eigenvalue weighted by Crippen LogP contribution is 2.37. The maximum Gasteiger partial charge on any atom is 0.158 e. The molecule has 5 heteroatoms. The normalized spacial score (nSPS) is 17.0. The minimum atomic E-state index is -0.128. The third kappa shape index (κ3) is 3.11. The van der Waals surface area contributed by atoms with E-state index in [1.165, 1.54) is 0 Å². The van der Waals surface area contributed by atoms with Gasteiger partial charge in [-0.3, -0.25) is 0 Å². The summed E-state index contributed by atoms with van der Waals surface area (Å²) in [6.07, 6.45) is 3.99. The van der Waals surface area contributed by atoms with Gasteiger partial charge in [0.15, 0.2) is 6.23 Å². The van der Waals surface area contributed by atoms with E-state index in [0.29, 0.717) is 6.61 Å². The van der Waals surface area contributed by atoms with Crippen LogP contribution in [0.4, 0.5) is 5.69 Å². The monoisotopic (exact) mass is 354 g/mol. The van der Waals surface area contributed by atoms with Gasteiger partial charge in [-0.25, -0.2) is 0 Å². The van der Waals surface area contributed by atoms with Crippen LogP contribution in [0, 0.1) is 0 Å². The van der Waals surface area contributed by atoms with Gasteiger partial charge in [0.1, 0.15) is 5.75 Å². The number of benzene rings is 2. The van der Waals surface area contributed by atoms with Crippen molar-refractivity contribution >= 4 is 17.3 Å². The van der Waals surface area contributed by atoms with Gasteiger partial charge >= 0.3 is 0 Å². The van der Waals surface area contributed by atoms with Crippen molar-refractivity contribution in [2.24, 2.45) is 0 Å². The molecular formula is C20H19ClN2O2. The lowest BCUT2D eigenvalue weighted by atomic mass is 10.2. The van der Waals surface area contributed by atoms with Crippen LogP contribution < -0.4 is 9.64 Å². The lowest BCUT2D eigenvalue weighted by Gasteiger charge is -2.26. The molecule has 128 valence electrons. The highest BCUT2D eigenvalue weighted by Gasteiger charge is 2.29. The molecule has 0 aliphatic carbocycles. The zero-order valence-electron chi connectivity index (χ0n) is 13.9. The maximum atomic E-state index is 6.11. The first-order valence-corrected chi connectivity index (χ1v) is 8.59. The average molecular weight is 355 g/mol. The number of hydrogen-bond acceptors (Lipinski definition) is 3. The molecule has 1 aliphatic rings. The Morgan fingerprint density at radius 1 is 1.12 bits per heavy atom. The van der Waals surface area contributed by atoms with Gasteiger partial charge in [-0.2, -0.15) is 0 Å². The molecule has 0 radical (unpaired) electrons. The second kappa shape index (κ2) is 6.82. The number of ether oxygens (including phenoxy) is 2. The Balaban J connectivity index is 1.65. The van der Waals surface area contributed by atoms with Crippen LogP contribution in [-0.2, 0) is 4.74 Å². The number of anilines is 1. The number of nitrogens with zero attached hydrogens (tertiary/aromatic N) is 2. The van der Waals surface area contributed by atoms with Crippen LogP contribution in [0.15, 0.2) is 67.0 Å². The summed E-state index contributed by atoms with van der Waals surface area (Å²) in [5.74, 6) is 0.854. The molecule has 1 aliphatic heterocycles. The van der Waals surface area contributed by atoms with E-state index < -0.39 is 0 Å².